The summed E-state index contributed by atoms with van der Waals surface area (Å²) in [6, 6.07) is 12.5. The van der Waals surface area contributed by atoms with Gasteiger partial charge in [0, 0.05) is 30.5 Å². The lowest BCUT2D eigenvalue weighted by atomic mass is 10.0. The lowest BCUT2D eigenvalue weighted by molar-refractivity contribution is -0.137. The average Bonchev–Trinajstić information content (AvgIpc) is 2.56. The lowest BCUT2D eigenvalue weighted by Gasteiger charge is -2.34. The summed E-state index contributed by atoms with van der Waals surface area (Å²) in [5.74, 6) is 0.248. The van der Waals surface area contributed by atoms with Crippen LogP contribution < -0.4 is 10.2 Å². The summed E-state index contributed by atoms with van der Waals surface area (Å²) in [5.41, 5.74) is 1.15. The van der Waals surface area contributed by atoms with Gasteiger partial charge in [-0.15, -0.1) is 0 Å². The molecular weight excluding hydrogens is 317 g/mol. The number of hydrogen-bond donors (Lipinski definition) is 2. The average molecular weight is 336 g/mol. The van der Waals surface area contributed by atoms with Gasteiger partial charge in [-0.1, -0.05) is 0 Å². The molecule has 1 aliphatic rings. The van der Waals surface area contributed by atoms with Crippen LogP contribution in [-0.4, -0.2) is 24.2 Å². The van der Waals surface area contributed by atoms with Crippen molar-refractivity contribution in [3.8, 4) is 5.75 Å². The van der Waals surface area contributed by atoms with Crippen molar-refractivity contribution < 1.29 is 18.3 Å². The van der Waals surface area contributed by atoms with Gasteiger partial charge >= 0.3 is 6.18 Å². The third-order valence-corrected chi connectivity index (χ3v) is 4.29. The van der Waals surface area contributed by atoms with Crippen LogP contribution in [0.1, 0.15) is 18.4 Å². The maximum atomic E-state index is 12.6. The smallest absolute Gasteiger partial charge is 0.416 e. The van der Waals surface area contributed by atoms with Crippen molar-refractivity contribution in [2.45, 2.75) is 25.1 Å². The summed E-state index contributed by atoms with van der Waals surface area (Å²) in [6.45, 7) is 1.73. The Morgan fingerprint density at radius 3 is 2.04 bits per heavy atom. The van der Waals surface area contributed by atoms with E-state index in [1.54, 1.807) is 12.1 Å². The summed E-state index contributed by atoms with van der Waals surface area (Å²) >= 11 is 0. The molecule has 0 aliphatic carbocycles. The Morgan fingerprint density at radius 2 is 1.50 bits per heavy atom. The molecule has 0 amide bonds. The summed E-state index contributed by atoms with van der Waals surface area (Å²) < 4.78 is 37.7. The number of alkyl halides is 3. The zero-order valence-corrected chi connectivity index (χ0v) is 13.1. The van der Waals surface area contributed by atoms with Crippen molar-refractivity contribution in [3.63, 3.8) is 0 Å². The Labute approximate surface area is 138 Å². The predicted molar refractivity (Wildman–Crippen MR) is 88.4 cm³/mol. The van der Waals surface area contributed by atoms with Crippen LogP contribution in [0.15, 0.2) is 48.5 Å². The van der Waals surface area contributed by atoms with Crippen LogP contribution in [0.25, 0.3) is 0 Å². The highest BCUT2D eigenvalue weighted by Gasteiger charge is 2.30. The van der Waals surface area contributed by atoms with E-state index in [1.165, 1.54) is 12.1 Å². The first kappa shape index (κ1) is 16.5. The molecule has 0 aromatic heterocycles. The number of phenolic OH excluding ortho intramolecular Hbond substituents is 1. The van der Waals surface area contributed by atoms with Crippen molar-refractivity contribution in [3.05, 3.63) is 54.1 Å². The Hall–Kier alpha value is -2.37. The van der Waals surface area contributed by atoms with Crippen LogP contribution in [0, 0.1) is 0 Å². The van der Waals surface area contributed by atoms with E-state index in [4.69, 9.17) is 0 Å². The maximum absolute atomic E-state index is 12.6. The molecule has 2 aromatic rings. The molecule has 0 spiro atoms. The van der Waals surface area contributed by atoms with Crippen LogP contribution in [-0.2, 0) is 6.18 Å². The number of phenols is 1. The molecule has 24 heavy (non-hydrogen) atoms. The fourth-order valence-electron chi connectivity index (χ4n) is 2.94. The minimum atomic E-state index is -4.30. The number of aromatic hydroxyl groups is 1. The van der Waals surface area contributed by atoms with Crippen LogP contribution >= 0.6 is 0 Å². The first-order valence-electron chi connectivity index (χ1n) is 7.89. The molecule has 0 bridgehead atoms. The fraction of sp³-hybridized carbons (Fsp3) is 0.333. The minimum Gasteiger partial charge on any atom is -0.508 e. The minimum absolute atomic E-state index is 0.245. The molecule has 2 aromatic carbocycles. The van der Waals surface area contributed by atoms with Gasteiger partial charge in [0.2, 0.25) is 0 Å². The molecule has 0 radical (unpaired) electrons. The zero-order chi connectivity index (χ0) is 17.2. The van der Waals surface area contributed by atoms with Gasteiger partial charge in [0.25, 0.3) is 0 Å². The second kappa shape index (κ2) is 6.63. The van der Waals surface area contributed by atoms with Crippen LogP contribution in [0.4, 0.5) is 24.5 Å². The Morgan fingerprint density at radius 1 is 0.917 bits per heavy atom. The molecule has 1 saturated heterocycles. The Kier molecular flexibility index (Phi) is 4.55. The molecule has 0 unspecified atom stereocenters. The normalized spacial score (nSPS) is 16.2. The van der Waals surface area contributed by atoms with Crippen molar-refractivity contribution in [2.75, 3.05) is 23.3 Å². The molecule has 6 heteroatoms. The predicted octanol–water partition coefficient (Wildman–Crippen LogP) is 4.49. The van der Waals surface area contributed by atoms with E-state index in [1.807, 2.05) is 12.1 Å². The highest BCUT2D eigenvalue weighted by molar-refractivity contribution is 5.50. The molecular formula is C18H19F3N2O. The van der Waals surface area contributed by atoms with Gasteiger partial charge in [0.1, 0.15) is 5.75 Å². The number of rotatable bonds is 3. The second-order valence-electron chi connectivity index (χ2n) is 6.00. The fourth-order valence-corrected chi connectivity index (χ4v) is 2.94. The van der Waals surface area contributed by atoms with E-state index in [0.29, 0.717) is 5.69 Å². The number of nitrogens with one attached hydrogen (secondary N) is 1. The first-order valence-corrected chi connectivity index (χ1v) is 7.89. The second-order valence-corrected chi connectivity index (χ2v) is 6.00. The standard InChI is InChI=1S/C18H19F3N2O/c19-18(20,21)13-1-3-14(4-2-13)22-15-9-11-23(12-10-15)16-5-7-17(24)8-6-16/h1-8,15,22,24H,9-12H2. The third-order valence-electron chi connectivity index (χ3n) is 4.29. The van der Waals surface area contributed by atoms with E-state index in [2.05, 4.69) is 10.2 Å². The maximum Gasteiger partial charge on any atom is 0.416 e. The van der Waals surface area contributed by atoms with Crippen LogP contribution in [0.2, 0.25) is 0 Å². The van der Waals surface area contributed by atoms with Gasteiger partial charge in [-0.3, -0.25) is 0 Å². The van der Waals surface area contributed by atoms with Gasteiger partial charge in [-0.05, 0) is 61.4 Å². The molecule has 3 nitrogen and oxygen atoms in total. The SMILES string of the molecule is Oc1ccc(N2CCC(Nc3ccc(C(F)(F)F)cc3)CC2)cc1. The largest absolute Gasteiger partial charge is 0.508 e. The molecule has 1 aliphatic heterocycles. The van der Waals surface area contributed by atoms with E-state index >= 15 is 0 Å². The molecule has 3 rings (SSSR count). The molecule has 1 fully saturated rings. The molecule has 0 saturated carbocycles. The zero-order valence-electron chi connectivity index (χ0n) is 13.1. The number of anilines is 2. The van der Waals surface area contributed by atoms with Crippen molar-refractivity contribution in [2.24, 2.45) is 0 Å². The number of halogens is 3. The molecule has 0 atom stereocenters. The lowest BCUT2D eigenvalue weighted by Crippen LogP contribution is -2.39. The van der Waals surface area contributed by atoms with Crippen molar-refractivity contribution >= 4 is 11.4 Å². The van der Waals surface area contributed by atoms with Gasteiger partial charge < -0.3 is 15.3 Å². The Bertz CT molecular complexity index is 660. The highest BCUT2D eigenvalue weighted by Crippen LogP contribution is 2.30. The quantitative estimate of drug-likeness (QED) is 0.867. The monoisotopic (exact) mass is 336 g/mol. The van der Waals surface area contributed by atoms with Crippen molar-refractivity contribution in [1.82, 2.24) is 0 Å². The summed E-state index contributed by atoms with van der Waals surface area (Å²) in [7, 11) is 0. The number of benzene rings is 2. The number of nitrogens with zero attached hydrogens (tertiary/aromatic N) is 1. The first-order chi connectivity index (χ1) is 11.4. The molecule has 128 valence electrons. The number of piperidine rings is 1. The molecule has 1 heterocycles. The number of hydrogen-bond acceptors (Lipinski definition) is 3. The van der Waals surface area contributed by atoms with Gasteiger partial charge in [0.05, 0.1) is 5.56 Å². The summed E-state index contributed by atoms with van der Waals surface area (Å²) in [4.78, 5) is 2.24. The van der Waals surface area contributed by atoms with Gasteiger partial charge in [-0.2, -0.15) is 13.2 Å². The van der Waals surface area contributed by atoms with E-state index < -0.39 is 11.7 Å². The van der Waals surface area contributed by atoms with E-state index in [0.717, 1.165) is 43.8 Å². The third kappa shape index (κ3) is 3.93. The highest BCUT2D eigenvalue weighted by atomic mass is 19.4. The van der Waals surface area contributed by atoms with Crippen molar-refractivity contribution in [1.29, 1.82) is 0 Å². The summed E-state index contributed by atoms with van der Waals surface area (Å²) in [5, 5.41) is 12.6. The van der Waals surface area contributed by atoms with E-state index in [9.17, 15) is 18.3 Å². The van der Waals surface area contributed by atoms with Gasteiger partial charge in [0.15, 0.2) is 0 Å². The molecule has 2 N–H and O–H groups in total. The van der Waals surface area contributed by atoms with Gasteiger partial charge in [-0.25, -0.2) is 0 Å². The van der Waals surface area contributed by atoms with Crippen LogP contribution in [0.5, 0.6) is 5.75 Å². The summed E-state index contributed by atoms with van der Waals surface area (Å²) in [6.07, 6.45) is -2.49. The van der Waals surface area contributed by atoms with Crippen LogP contribution in [0.3, 0.4) is 0 Å². The van der Waals surface area contributed by atoms with E-state index in [-0.39, 0.29) is 11.8 Å². The topological polar surface area (TPSA) is 35.5 Å². The Balaban J connectivity index is 1.54.